The average Bonchev–Trinajstić information content (AvgIpc) is 2.79. The minimum Gasteiger partial charge on any atom is -0.490 e. The van der Waals surface area contributed by atoms with Gasteiger partial charge in [0, 0.05) is 18.1 Å². The van der Waals surface area contributed by atoms with Crippen molar-refractivity contribution in [3.8, 4) is 5.75 Å². The molecule has 1 aliphatic heterocycles. The van der Waals surface area contributed by atoms with Crippen LogP contribution in [0.25, 0.3) is 0 Å². The molecule has 1 aliphatic carbocycles. The highest BCUT2D eigenvalue weighted by Crippen LogP contribution is 2.40. The van der Waals surface area contributed by atoms with E-state index in [1.807, 2.05) is 31.2 Å². The number of Topliss-reactive ketones (excluding diaryl/α,β-unsaturated/α-hetero) is 1. The van der Waals surface area contributed by atoms with Crippen LogP contribution in [0.2, 0.25) is 0 Å². The average molecular weight is 431 g/mol. The predicted molar refractivity (Wildman–Crippen MR) is 134 cm³/mol. The number of rotatable bonds is 8. The first-order valence-electron chi connectivity index (χ1n) is 11.8. The van der Waals surface area contributed by atoms with Crippen LogP contribution in [0.15, 0.2) is 82.6 Å². The van der Waals surface area contributed by atoms with Gasteiger partial charge in [0.1, 0.15) is 11.5 Å². The number of benzene rings is 1. The van der Waals surface area contributed by atoms with E-state index in [0.717, 1.165) is 31.4 Å². The summed E-state index contributed by atoms with van der Waals surface area (Å²) in [7, 11) is 0. The topological polar surface area (TPSA) is 51.0 Å². The van der Waals surface area contributed by atoms with Gasteiger partial charge in [-0.1, -0.05) is 63.3 Å². The molecule has 4 heteroatoms. The Morgan fingerprint density at radius 3 is 2.38 bits per heavy atom. The van der Waals surface area contributed by atoms with Crippen molar-refractivity contribution in [2.45, 2.75) is 70.8 Å². The first kappa shape index (κ1) is 23.6. The summed E-state index contributed by atoms with van der Waals surface area (Å²) in [5.41, 5.74) is 2.73. The lowest BCUT2D eigenvalue weighted by Gasteiger charge is -2.34. The van der Waals surface area contributed by atoms with Gasteiger partial charge in [-0.15, -0.1) is 5.10 Å². The van der Waals surface area contributed by atoms with Crippen LogP contribution in [0.4, 0.5) is 0 Å². The molecule has 0 spiro atoms. The van der Waals surface area contributed by atoms with Crippen molar-refractivity contribution in [2.24, 2.45) is 10.2 Å². The fourth-order valence-corrected chi connectivity index (χ4v) is 4.16. The van der Waals surface area contributed by atoms with Crippen LogP contribution >= 0.6 is 0 Å². The standard InChI is InChI=1S/C28H34N2O2/c1-4-27(31)26-16-9-7-8-12-22(13-11-21-29-30-26)28(5-2,6-3)23-17-19-25(20-18-23)32-24-14-10-15-24/h7-9,11-13,16-21,24H,4-6,10,14-15H2,1-3H3/b8-7+,9-7?,12-8?,13-11-,16-9?,21-11?,22-12+,22-13?,26-16?,29-21+,30-26?,30-29?. The van der Waals surface area contributed by atoms with Crippen LogP contribution in [0.3, 0.4) is 0 Å². The zero-order chi connectivity index (χ0) is 22.8. The second-order valence-electron chi connectivity index (χ2n) is 8.24. The van der Waals surface area contributed by atoms with Crippen LogP contribution in [-0.2, 0) is 10.2 Å². The minimum absolute atomic E-state index is 0.0233. The van der Waals surface area contributed by atoms with Crippen molar-refractivity contribution in [3.05, 3.63) is 77.9 Å². The first-order valence-corrected chi connectivity index (χ1v) is 11.8. The van der Waals surface area contributed by atoms with Crippen molar-refractivity contribution in [3.63, 3.8) is 0 Å². The molecular weight excluding hydrogens is 396 g/mol. The van der Waals surface area contributed by atoms with Crippen molar-refractivity contribution in [2.75, 3.05) is 0 Å². The molecule has 1 aromatic carbocycles. The van der Waals surface area contributed by atoms with Gasteiger partial charge in [0.25, 0.3) is 0 Å². The second kappa shape index (κ2) is 11.6. The molecule has 0 amide bonds. The van der Waals surface area contributed by atoms with E-state index in [9.17, 15) is 4.79 Å². The van der Waals surface area contributed by atoms with Gasteiger partial charge in [-0.25, -0.2) is 0 Å². The molecule has 0 N–H and O–H groups in total. The third-order valence-corrected chi connectivity index (χ3v) is 6.47. The molecule has 1 aromatic rings. The molecule has 0 bridgehead atoms. The zero-order valence-electron chi connectivity index (χ0n) is 19.5. The van der Waals surface area contributed by atoms with Gasteiger partial charge in [0.15, 0.2) is 5.78 Å². The Bertz CT molecular complexity index is 954. The van der Waals surface area contributed by atoms with Crippen molar-refractivity contribution >= 4 is 17.7 Å². The number of ketones is 1. The number of ether oxygens (including phenoxy) is 1. The summed E-state index contributed by atoms with van der Waals surface area (Å²) in [6.45, 7) is 6.29. The van der Waals surface area contributed by atoms with E-state index in [1.54, 1.807) is 12.3 Å². The monoisotopic (exact) mass is 430 g/mol. The largest absolute Gasteiger partial charge is 0.490 e. The third-order valence-electron chi connectivity index (χ3n) is 6.47. The predicted octanol–water partition coefficient (Wildman–Crippen LogP) is 6.69. The highest BCUT2D eigenvalue weighted by atomic mass is 16.5. The Labute approximate surface area is 192 Å². The Kier molecular flexibility index (Phi) is 8.55. The van der Waals surface area contributed by atoms with Crippen LogP contribution < -0.4 is 4.74 Å². The maximum atomic E-state index is 12.0. The molecule has 0 aromatic heterocycles. The Hall–Kier alpha value is -3.01. The molecule has 1 heterocycles. The lowest BCUT2D eigenvalue weighted by atomic mass is 9.69. The molecule has 1 fully saturated rings. The van der Waals surface area contributed by atoms with Gasteiger partial charge in [0.2, 0.25) is 0 Å². The number of hydrogen-bond donors (Lipinski definition) is 0. The van der Waals surface area contributed by atoms with Crippen molar-refractivity contribution < 1.29 is 9.53 Å². The minimum atomic E-state index is -0.121. The molecule has 0 unspecified atom stereocenters. The summed E-state index contributed by atoms with van der Waals surface area (Å²) in [4.78, 5) is 12.0. The number of nitrogens with zero attached hydrogens (tertiary/aromatic N) is 2. The van der Waals surface area contributed by atoms with Crippen LogP contribution in [0.5, 0.6) is 5.75 Å². The van der Waals surface area contributed by atoms with Crippen molar-refractivity contribution in [1.29, 1.82) is 0 Å². The zero-order valence-corrected chi connectivity index (χ0v) is 19.5. The molecule has 4 nitrogen and oxygen atoms in total. The Balaban J connectivity index is 1.89. The Morgan fingerprint density at radius 2 is 1.75 bits per heavy atom. The van der Waals surface area contributed by atoms with Gasteiger partial charge in [-0.3, -0.25) is 4.79 Å². The van der Waals surface area contributed by atoms with E-state index in [4.69, 9.17) is 4.74 Å². The summed E-state index contributed by atoms with van der Waals surface area (Å²) >= 11 is 0. The van der Waals surface area contributed by atoms with Gasteiger partial charge in [0.05, 0.1) is 6.10 Å². The normalized spacial score (nSPS) is 21.7. The summed E-state index contributed by atoms with van der Waals surface area (Å²) in [6.07, 6.45) is 21.6. The maximum absolute atomic E-state index is 12.0. The SMILES string of the molecule is CCC(=O)C1=N/N=C/C=C\C(C(CC)(CC)c2ccc(OC3CCC3)cc2)=C/C=C/C=C1. The smallest absolute Gasteiger partial charge is 0.182 e. The van der Waals surface area contributed by atoms with E-state index in [1.165, 1.54) is 17.6 Å². The number of carbonyl (C=O) groups is 1. The van der Waals surface area contributed by atoms with E-state index in [0.29, 0.717) is 18.2 Å². The van der Waals surface area contributed by atoms with Gasteiger partial charge in [-0.2, -0.15) is 5.10 Å². The Morgan fingerprint density at radius 1 is 1.00 bits per heavy atom. The summed E-state index contributed by atoms with van der Waals surface area (Å²) < 4.78 is 6.06. The highest BCUT2D eigenvalue weighted by Gasteiger charge is 2.31. The quantitative estimate of drug-likeness (QED) is 0.461. The number of hydrogen-bond acceptors (Lipinski definition) is 4. The summed E-state index contributed by atoms with van der Waals surface area (Å²) in [5.74, 6) is 0.931. The summed E-state index contributed by atoms with van der Waals surface area (Å²) in [5, 5.41) is 8.17. The second-order valence-corrected chi connectivity index (χ2v) is 8.24. The van der Waals surface area contributed by atoms with Gasteiger partial charge in [-0.05, 0) is 67.5 Å². The van der Waals surface area contributed by atoms with Crippen LogP contribution in [0, 0.1) is 0 Å². The summed E-state index contributed by atoms with van der Waals surface area (Å²) in [6, 6.07) is 8.62. The van der Waals surface area contributed by atoms with E-state index < -0.39 is 0 Å². The number of allylic oxidation sites excluding steroid dienone is 8. The van der Waals surface area contributed by atoms with Crippen molar-refractivity contribution in [1.82, 2.24) is 0 Å². The van der Waals surface area contributed by atoms with E-state index in [2.05, 4.69) is 60.5 Å². The van der Waals surface area contributed by atoms with Gasteiger partial charge < -0.3 is 4.74 Å². The molecule has 0 radical (unpaired) electrons. The fraction of sp³-hybridized carbons (Fsp3) is 0.393. The number of carbonyl (C=O) groups excluding carboxylic acids is 1. The lowest BCUT2D eigenvalue weighted by Crippen LogP contribution is -2.27. The molecule has 32 heavy (non-hydrogen) atoms. The maximum Gasteiger partial charge on any atom is 0.182 e. The third kappa shape index (κ3) is 5.61. The molecule has 3 rings (SSSR count). The lowest BCUT2D eigenvalue weighted by molar-refractivity contribution is -0.112. The molecule has 0 atom stereocenters. The van der Waals surface area contributed by atoms with Crippen LogP contribution in [0.1, 0.15) is 64.9 Å². The molecule has 0 saturated heterocycles. The molecule has 2 aliphatic rings. The first-order chi connectivity index (χ1) is 15.6. The fourth-order valence-electron chi connectivity index (χ4n) is 4.16. The highest BCUT2D eigenvalue weighted by molar-refractivity contribution is 6.44. The molecular formula is C28H34N2O2. The van der Waals surface area contributed by atoms with Crippen LogP contribution in [-0.4, -0.2) is 23.8 Å². The van der Waals surface area contributed by atoms with Gasteiger partial charge >= 0.3 is 0 Å². The molecule has 168 valence electrons. The van der Waals surface area contributed by atoms with E-state index in [-0.39, 0.29) is 11.2 Å². The molecule has 1 saturated carbocycles. The van der Waals surface area contributed by atoms with E-state index >= 15 is 0 Å².